The van der Waals surface area contributed by atoms with E-state index in [0.717, 1.165) is 6.42 Å². The lowest BCUT2D eigenvalue weighted by Gasteiger charge is -2.31. The van der Waals surface area contributed by atoms with Crippen LogP contribution in [0.4, 0.5) is 0 Å². The first-order valence-electron chi connectivity index (χ1n) is 13.5. The molecule has 1 saturated carbocycles. The van der Waals surface area contributed by atoms with Crippen LogP contribution < -0.4 is 0 Å². The molecule has 0 aromatic rings. The summed E-state index contributed by atoms with van der Waals surface area (Å²) in [6, 6.07) is 0. The van der Waals surface area contributed by atoms with E-state index < -0.39 is 0 Å². The molecule has 2 atom stereocenters. The minimum Gasteiger partial charge on any atom is -0.459 e. The van der Waals surface area contributed by atoms with Crippen LogP contribution in [0.1, 0.15) is 149 Å². The Morgan fingerprint density at radius 1 is 0.733 bits per heavy atom. The first-order chi connectivity index (χ1) is 14.6. The van der Waals surface area contributed by atoms with Gasteiger partial charge in [-0.1, -0.05) is 123 Å². The van der Waals surface area contributed by atoms with Crippen molar-refractivity contribution in [1.29, 1.82) is 0 Å². The SMILES string of the molecule is C=C(C)C(=O)OC1CCCCC1CCCCCCCCCCCCCCCCCC. The van der Waals surface area contributed by atoms with Crippen molar-refractivity contribution < 1.29 is 9.53 Å². The predicted molar refractivity (Wildman–Crippen MR) is 131 cm³/mol. The summed E-state index contributed by atoms with van der Waals surface area (Å²) in [6.07, 6.45) is 28.8. The molecule has 1 aliphatic rings. The van der Waals surface area contributed by atoms with Crippen molar-refractivity contribution in [3.63, 3.8) is 0 Å². The molecule has 0 radical (unpaired) electrons. The average Bonchev–Trinajstić information content (AvgIpc) is 2.74. The van der Waals surface area contributed by atoms with Gasteiger partial charge in [0, 0.05) is 5.57 Å². The van der Waals surface area contributed by atoms with Gasteiger partial charge >= 0.3 is 5.97 Å². The van der Waals surface area contributed by atoms with E-state index in [-0.39, 0.29) is 12.1 Å². The molecule has 0 aromatic carbocycles. The Morgan fingerprint density at radius 3 is 1.63 bits per heavy atom. The highest BCUT2D eigenvalue weighted by molar-refractivity contribution is 5.87. The maximum Gasteiger partial charge on any atom is 0.333 e. The fourth-order valence-electron chi connectivity index (χ4n) is 4.85. The van der Waals surface area contributed by atoms with Gasteiger partial charge in [-0.25, -0.2) is 4.79 Å². The molecule has 30 heavy (non-hydrogen) atoms. The van der Waals surface area contributed by atoms with Crippen molar-refractivity contribution in [2.24, 2.45) is 5.92 Å². The number of rotatable bonds is 19. The van der Waals surface area contributed by atoms with Gasteiger partial charge in [-0.2, -0.15) is 0 Å². The molecule has 1 fully saturated rings. The zero-order valence-electron chi connectivity index (χ0n) is 20.5. The molecule has 0 spiro atoms. The Labute approximate surface area is 188 Å². The van der Waals surface area contributed by atoms with Gasteiger partial charge in [-0.15, -0.1) is 0 Å². The molecule has 0 bridgehead atoms. The minimum atomic E-state index is -0.195. The van der Waals surface area contributed by atoms with Crippen LogP contribution in [-0.2, 0) is 9.53 Å². The smallest absolute Gasteiger partial charge is 0.333 e. The Morgan fingerprint density at radius 2 is 1.17 bits per heavy atom. The second-order valence-electron chi connectivity index (χ2n) is 9.86. The number of hydrogen-bond acceptors (Lipinski definition) is 2. The summed E-state index contributed by atoms with van der Waals surface area (Å²) in [6.45, 7) is 7.75. The summed E-state index contributed by atoms with van der Waals surface area (Å²) in [5.41, 5.74) is 0.529. The van der Waals surface area contributed by atoms with Crippen LogP contribution in [0, 0.1) is 5.92 Å². The van der Waals surface area contributed by atoms with Crippen LogP contribution in [0.2, 0.25) is 0 Å². The Balaban J connectivity index is 1.89. The third kappa shape index (κ3) is 14.3. The van der Waals surface area contributed by atoms with E-state index >= 15 is 0 Å². The van der Waals surface area contributed by atoms with Crippen LogP contribution in [0.15, 0.2) is 12.2 Å². The van der Waals surface area contributed by atoms with E-state index in [2.05, 4.69) is 13.5 Å². The normalized spacial score (nSPS) is 19.0. The molecule has 2 heteroatoms. The number of ether oxygens (including phenoxy) is 1. The van der Waals surface area contributed by atoms with Gasteiger partial charge in [0.2, 0.25) is 0 Å². The molecule has 0 aliphatic heterocycles. The minimum absolute atomic E-state index is 0.138. The first-order valence-corrected chi connectivity index (χ1v) is 13.5. The van der Waals surface area contributed by atoms with Gasteiger partial charge in [0.15, 0.2) is 0 Å². The van der Waals surface area contributed by atoms with Crippen molar-refractivity contribution in [1.82, 2.24) is 0 Å². The van der Waals surface area contributed by atoms with Gasteiger partial charge in [0.25, 0.3) is 0 Å². The largest absolute Gasteiger partial charge is 0.459 e. The van der Waals surface area contributed by atoms with Gasteiger partial charge in [-0.05, 0) is 38.5 Å². The number of hydrogen-bond donors (Lipinski definition) is 0. The maximum atomic E-state index is 11.9. The highest BCUT2D eigenvalue weighted by atomic mass is 16.5. The molecular formula is C28H52O2. The second-order valence-corrected chi connectivity index (χ2v) is 9.86. The molecule has 0 N–H and O–H groups in total. The molecule has 1 aliphatic carbocycles. The van der Waals surface area contributed by atoms with E-state index in [9.17, 15) is 4.79 Å². The standard InChI is InChI=1S/C28H52O2/c1-4-5-6-7-8-9-10-11-12-13-14-15-16-17-18-19-22-26-23-20-21-24-27(26)30-28(29)25(2)3/h26-27H,2,4-24H2,1,3H3. The molecule has 0 heterocycles. The molecular weight excluding hydrogens is 368 g/mol. The van der Waals surface area contributed by atoms with Gasteiger partial charge in [0.05, 0.1) is 0 Å². The molecule has 2 unspecified atom stereocenters. The molecule has 0 amide bonds. The second kappa shape index (κ2) is 18.9. The third-order valence-corrected chi connectivity index (χ3v) is 6.87. The van der Waals surface area contributed by atoms with Crippen molar-refractivity contribution in [2.75, 3.05) is 0 Å². The molecule has 2 nitrogen and oxygen atoms in total. The lowest BCUT2D eigenvalue weighted by atomic mass is 9.83. The number of carbonyl (C=O) groups excluding carboxylic acids is 1. The zero-order valence-corrected chi connectivity index (χ0v) is 20.5. The number of unbranched alkanes of at least 4 members (excludes halogenated alkanes) is 15. The average molecular weight is 421 g/mol. The topological polar surface area (TPSA) is 26.3 Å². The Kier molecular flexibility index (Phi) is 17.2. The third-order valence-electron chi connectivity index (χ3n) is 6.87. The van der Waals surface area contributed by atoms with Gasteiger partial charge in [0.1, 0.15) is 6.10 Å². The summed E-state index contributed by atoms with van der Waals surface area (Å²) in [5.74, 6) is 0.382. The fraction of sp³-hybridized carbons (Fsp3) is 0.893. The predicted octanol–water partition coefficient (Wildman–Crippen LogP) is 9.32. The summed E-state index contributed by atoms with van der Waals surface area (Å²) in [5, 5.41) is 0. The highest BCUT2D eigenvalue weighted by Gasteiger charge is 2.27. The lowest BCUT2D eigenvalue weighted by Crippen LogP contribution is -2.30. The van der Waals surface area contributed by atoms with E-state index in [0.29, 0.717) is 11.5 Å². The van der Waals surface area contributed by atoms with Crippen LogP contribution in [-0.4, -0.2) is 12.1 Å². The highest BCUT2D eigenvalue weighted by Crippen LogP contribution is 2.31. The Bertz CT molecular complexity index is 428. The van der Waals surface area contributed by atoms with E-state index in [1.807, 2.05) is 0 Å². The first kappa shape index (κ1) is 27.2. The quantitative estimate of drug-likeness (QED) is 0.118. The Hall–Kier alpha value is -0.790. The van der Waals surface area contributed by atoms with Crippen LogP contribution in [0.3, 0.4) is 0 Å². The number of carbonyl (C=O) groups is 1. The van der Waals surface area contributed by atoms with Gasteiger partial charge < -0.3 is 4.74 Å². The van der Waals surface area contributed by atoms with E-state index in [1.54, 1.807) is 6.92 Å². The summed E-state index contributed by atoms with van der Waals surface area (Å²) < 4.78 is 5.71. The van der Waals surface area contributed by atoms with Crippen molar-refractivity contribution in [3.8, 4) is 0 Å². The summed E-state index contributed by atoms with van der Waals surface area (Å²) >= 11 is 0. The van der Waals surface area contributed by atoms with E-state index in [4.69, 9.17) is 4.74 Å². The van der Waals surface area contributed by atoms with Crippen LogP contribution >= 0.6 is 0 Å². The molecule has 1 rings (SSSR count). The summed E-state index contributed by atoms with van der Waals surface area (Å²) in [4.78, 5) is 11.9. The number of esters is 1. The molecule has 176 valence electrons. The zero-order chi connectivity index (χ0) is 21.9. The summed E-state index contributed by atoms with van der Waals surface area (Å²) in [7, 11) is 0. The van der Waals surface area contributed by atoms with Gasteiger partial charge in [-0.3, -0.25) is 0 Å². The molecule has 0 saturated heterocycles. The van der Waals surface area contributed by atoms with Crippen molar-refractivity contribution >= 4 is 5.97 Å². The fourth-order valence-corrected chi connectivity index (χ4v) is 4.85. The van der Waals surface area contributed by atoms with E-state index in [1.165, 1.54) is 128 Å². The molecule has 0 aromatic heterocycles. The maximum absolute atomic E-state index is 11.9. The lowest BCUT2D eigenvalue weighted by molar-refractivity contribution is -0.148. The monoisotopic (exact) mass is 420 g/mol. The van der Waals surface area contributed by atoms with Crippen LogP contribution in [0.5, 0.6) is 0 Å². The van der Waals surface area contributed by atoms with Crippen LogP contribution in [0.25, 0.3) is 0 Å². The van der Waals surface area contributed by atoms with Crippen molar-refractivity contribution in [3.05, 3.63) is 12.2 Å². The van der Waals surface area contributed by atoms with Crippen molar-refractivity contribution in [2.45, 2.75) is 155 Å².